The highest BCUT2D eigenvalue weighted by atomic mass is 35.5. The molecule has 0 aliphatic carbocycles. The summed E-state index contributed by atoms with van der Waals surface area (Å²) in [5, 5.41) is 5.33. The molecular weight excluding hydrogens is 372 g/mol. The van der Waals surface area contributed by atoms with Gasteiger partial charge in [0.25, 0.3) is 0 Å². The first-order valence-electron chi connectivity index (χ1n) is 9.05. The van der Waals surface area contributed by atoms with Crippen LogP contribution in [0.15, 0.2) is 54.9 Å². The number of carbonyl (C=O) groups excluding carboxylic acids is 1. The molecule has 0 saturated heterocycles. The van der Waals surface area contributed by atoms with E-state index in [0.29, 0.717) is 13.1 Å². The molecule has 0 unspecified atom stereocenters. The summed E-state index contributed by atoms with van der Waals surface area (Å²) in [6, 6.07) is 11.6. The second kappa shape index (κ2) is 8.85. The number of rotatable bonds is 6. The maximum atomic E-state index is 12.5. The molecule has 0 fully saturated rings. The summed E-state index contributed by atoms with van der Waals surface area (Å²) in [4.78, 5) is 18.2. The number of amides is 1. The van der Waals surface area contributed by atoms with E-state index in [0.717, 1.165) is 33.1 Å². The smallest absolute Gasteiger partial charge is 0.246 e. The Morgan fingerprint density at radius 3 is 2.71 bits per heavy atom. The summed E-state index contributed by atoms with van der Waals surface area (Å²) in [6.45, 7) is 5.05. The zero-order chi connectivity index (χ0) is 20.1. The van der Waals surface area contributed by atoms with Crippen molar-refractivity contribution in [1.82, 2.24) is 19.7 Å². The van der Waals surface area contributed by atoms with Gasteiger partial charge in [0.1, 0.15) is 0 Å². The molecule has 0 aliphatic rings. The topological polar surface area (TPSA) is 51.0 Å². The SMILES string of the molecule is Cc1nn(Cc2ccccc2Cl)c(C)c1C=CC(=O)N(C)Cc1cccnc1. The maximum absolute atomic E-state index is 12.5. The Hall–Kier alpha value is -2.92. The number of likely N-dealkylation sites (N-methyl/N-ethyl adjacent to an activating group) is 1. The third-order valence-electron chi connectivity index (χ3n) is 4.63. The first-order chi connectivity index (χ1) is 13.5. The van der Waals surface area contributed by atoms with Crippen molar-refractivity contribution in [3.05, 3.63) is 88.0 Å². The molecule has 1 amide bonds. The third kappa shape index (κ3) is 4.67. The number of pyridine rings is 1. The Labute approximate surface area is 170 Å². The number of hydrogen-bond acceptors (Lipinski definition) is 3. The van der Waals surface area contributed by atoms with Crippen molar-refractivity contribution in [3.63, 3.8) is 0 Å². The molecule has 0 atom stereocenters. The van der Waals surface area contributed by atoms with Gasteiger partial charge < -0.3 is 4.90 Å². The standard InChI is InChI=1S/C22H23ClN4O/c1-16-20(10-11-22(28)26(3)14-18-7-6-12-24-13-18)17(2)27(25-16)15-19-8-4-5-9-21(19)23/h4-13H,14-15H2,1-3H3. The van der Waals surface area contributed by atoms with Gasteiger partial charge in [0.15, 0.2) is 0 Å². The average molecular weight is 395 g/mol. The minimum absolute atomic E-state index is 0.0680. The van der Waals surface area contributed by atoms with Crippen LogP contribution in [-0.2, 0) is 17.9 Å². The average Bonchev–Trinajstić information content (AvgIpc) is 2.95. The van der Waals surface area contributed by atoms with E-state index in [4.69, 9.17) is 11.6 Å². The van der Waals surface area contributed by atoms with Crippen molar-refractivity contribution in [2.45, 2.75) is 26.9 Å². The first kappa shape index (κ1) is 19.8. The molecule has 0 bridgehead atoms. The largest absolute Gasteiger partial charge is 0.338 e. The first-order valence-corrected chi connectivity index (χ1v) is 9.43. The van der Waals surface area contributed by atoms with Gasteiger partial charge in [0, 0.05) is 48.3 Å². The van der Waals surface area contributed by atoms with Gasteiger partial charge in [-0.25, -0.2) is 0 Å². The molecule has 0 spiro atoms. The fraction of sp³-hybridized carbons (Fsp3) is 0.227. The molecule has 1 aromatic carbocycles. The monoisotopic (exact) mass is 394 g/mol. The lowest BCUT2D eigenvalue weighted by Gasteiger charge is -2.14. The van der Waals surface area contributed by atoms with Crippen molar-refractivity contribution in [3.8, 4) is 0 Å². The van der Waals surface area contributed by atoms with Gasteiger partial charge in [-0.05, 0) is 43.2 Å². The lowest BCUT2D eigenvalue weighted by Crippen LogP contribution is -2.24. The van der Waals surface area contributed by atoms with Crippen LogP contribution in [0.3, 0.4) is 0 Å². The summed E-state index contributed by atoms with van der Waals surface area (Å²) < 4.78 is 1.92. The number of hydrogen-bond donors (Lipinski definition) is 0. The molecule has 0 N–H and O–H groups in total. The van der Waals surface area contributed by atoms with Crippen LogP contribution >= 0.6 is 11.6 Å². The molecule has 3 rings (SSSR count). The zero-order valence-electron chi connectivity index (χ0n) is 16.3. The summed E-state index contributed by atoms with van der Waals surface area (Å²) in [6.07, 6.45) is 6.91. The normalized spacial score (nSPS) is 11.1. The van der Waals surface area contributed by atoms with E-state index < -0.39 is 0 Å². The van der Waals surface area contributed by atoms with Crippen molar-refractivity contribution in [2.75, 3.05) is 7.05 Å². The van der Waals surface area contributed by atoms with Gasteiger partial charge in [-0.1, -0.05) is 35.9 Å². The lowest BCUT2D eigenvalue weighted by molar-refractivity contribution is -0.125. The van der Waals surface area contributed by atoms with E-state index in [2.05, 4.69) is 10.1 Å². The maximum Gasteiger partial charge on any atom is 0.246 e. The van der Waals surface area contributed by atoms with Crippen LogP contribution in [0, 0.1) is 13.8 Å². The Bertz CT molecular complexity index is 995. The summed E-state index contributed by atoms with van der Waals surface area (Å²) in [5.41, 5.74) is 4.83. The predicted octanol–water partition coefficient (Wildman–Crippen LogP) is 4.27. The molecular formula is C22H23ClN4O. The molecule has 3 aromatic rings. The summed E-state index contributed by atoms with van der Waals surface area (Å²) in [7, 11) is 1.78. The second-order valence-electron chi connectivity index (χ2n) is 6.72. The highest BCUT2D eigenvalue weighted by Gasteiger charge is 2.12. The van der Waals surface area contributed by atoms with Crippen molar-refractivity contribution >= 4 is 23.6 Å². The molecule has 28 heavy (non-hydrogen) atoms. The number of carbonyl (C=O) groups is 1. The van der Waals surface area contributed by atoms with Gasteiger partial charge >= 0.3 is 0 Å². The second-order valence-corrected chi connectivity index (χ2v) is 7.13. The Kier molecular flexibility index (Phi) is 6.26. The lowest BCUT2D eigenvalue weighted by atomic mass is 10.1. The zero-order valence-corrected chi connectivity index (χ0v) is 17.0. The Balaban J connectivity index is 1.72. The van der Waals surface area contributed by atoms with E-state index in [1.54, 1.807) is 30.4 Å². The van der Waals surface area contributed by atoms with Gasteiger partial charge in [0.2, 0.25) is 5.91 Å². The molecule has 6 heteroatoms. The molecule has 5 nitrogen and oxygen atoms in total. The van der Waals surface area contributed by atoms with E-state index in [1.165, 1.54) is 0 Å². The molecule has 2 aromatic heterocycles. The molecule has 144 valence electrons. The number of benzene rings is 1. The molecule has 0 radical (unpaired) electrons. The highest BCUT2D eigenvalue weighted by molar-refractivity contribution is 6.31. The van der Waals surface area contributed by atoms with Crippen molar-refractivity contribution in [1.29, 1.82) is 0 Å². The summed E-state index contributed by atoms with van der Waals surface area (Å²) in [5.74, 6) is -0.0680. The minimum atomic E-state index is -0.0680. The van der Waals surface area contributed by atoms with Crippen LogP contribution in [0.5, 0.6) is 0 Å². The van der Waals surface area contributed by atoms with Crippen LogP contribution in [0.2, 0.25) is 5.02 Å². The van der Waals surface area contributed by atoms with Crippen LogP contribution in [0.1, 0.15) is 28.1 Å². The fourth-order valence-corrected chi connectivity index (χ4v) is 3.21. The van der Waals surface area contributed by atoms with E-state index >= 15 is 0 Å². The number of halogens is 1. The molecule has 0 aliphatic heterocycles. The van der Waals surface area contributed by atoms with Crippen LogP contribution < -0.4 is 0 Å². The fourth-order valence-electron chi connectivity index (χ4n) is 3.02. The number of aromatic nitrogens is 3. The van der Waals surface area contributed by atoms with Gasteiger partial charge in [-0.3, -0.25) is 14.5 Å². The predicted molar refractivity (Wildman–Crippen MR) is 112 cm³/mol. The Morgan fingerprint density at radius 2 is 2.00 bits per heavy atom. The third-order valence-corrected chi connectivity index (χ3v) is 5.00. The van der Waals surface area contributed by atoms with Gasteiger partial charge in [-0.15, -0.1) is 0 Å². The van der Waals surface area contributed by atoms with Crippen LogP contribution in [0.25, 0.3) is 6.08 Å². The van der Waals surface area contributed by atoms with E-state index in [1.807, 2.05) is 61.0 Å². The minimum Gasteiger partial charge on any atom is -0.338 e. The Morgan fingerprint density at radius 1 is 1.21 bits per heavy atom. The van der Waals surface area contributed by atoms with E-state index in [-0.39, 0.29) is 5.91 Å². The van der Waals surface area contributed by atoms with E-state index in [9.17, 15) is 4.79 Å². The van der Waals surface area contributed by atoms with Crippen molar-refractivity contribution in [2.24, 2.45) is 0 Å². The van der Waals surface area contributed by atoms with Crippen molar-refractivity contribution < 1.29 is 4.79 Å². The molecule has 2 heterocycles. The molecule has 0 saturated carbocycles. The number of aryl methyl sites for hydroxylation is 1. The quantitative estimate of drug-likeness (QED) is 0.587. The van der Waals surface area contributed by atoms with Crippen LogP contribution in [0.4, 0.5) is 0 Å². The van der Waals surface area contributed by atoms with Crippen LogP contribution in [-0.4, -0.2) is 32.6 Å². The van der Waals surface area contributed by atoms with Gasteiger partial charge in [0.05, 0.1) is 12.2 Å². The highest BCUT2D eigenvalue weighted by Crippen LogP contribution is 2.20. The summed E-state index contributed by atoms with van der Waals surface area (Å²) >= 11 is 6.27. The van der Waals surface area contributed by atoms with Gasteiger partial charge in [-0.2, -0.15) is 5.10 Å². The number of nitrogens with zero attached hydrogens (tertiary/aromatic N) is 4.